The van der Waals surface area contributed by atoms with Gasteiger partial charge in [0.25, 0.3) is 0 Å². The van der Waals surface area contributed by atoms with Crippen molar-refractivity contribution < 1.29 is 17.6 Å². The summed E-state index contributed by atoms with van der Waals surface area (Å²) < 4.78 is 52.3. The Morgan fingerprint density at radius 1 is 0.806 bits per heavy atom. The number of nitrogens with zero attached hydrogens (tertiary/aromatic N) is 2. The molecule has 36 heavy (non-hydrogen) atoms. The molecule has 0 N–H and O–H groups in total. The van der Waals surface area contributed by atoms with Crippen molar-refractivity contribution in [1.29, 1.82) is 0 Å². The molecular formula is C28H36Cl2F4N2. The van der Waals surface area contributed by atoms with Gasteiger partial charge in [-0.25, -0.2) is 4.39 Å². The van der Waals surface area contributed by atoms with Crippen molar-refractivity contribution in [2.75, 3.05) is 39.3 Å². The molecule has 2 aliphatic rings. The summed E-state index contributed by atoms with van der Waals surface area (Å²) in [6.07, 6.45) is 0.631. The van der Waals surface area contributed by atoms with Crippen molar-refractivity contribution in [2.24, 2.45) is 0 Å². The van der Waals surface area contributed by atoms with Crippen molar-refractivity contribution in [2.45, 2.75) is 64.0 Å². The van der Waals surface area contributed by atoms with Crippen LogP contribution >= 0.6 is 23.2 Å². The van der Waals surface area contributed by atoms with Gasteiger partial charge in [0.1, 0.15) is 5.82 Å². The van der Waals surface area contributed by atoms with Crippen LogP contribution in [0.25, 0.3) is 0 Å². The van der Waals surface area contributed by atoms with Crippen LogP contribution in [0.4, 0.5) is 17.6 Å². The monoisotopic (exact) mass is 546 g/mol. The zero-order valence-electron chi connectivity index (χ0n) is 21.1. The van der Waals surface area contributed by atoms with Gasteiger partial charge >= 0.3 is 6.18 Å². The maximum Gasteiger partial charge on any atom is 0.417 e. The average Bonchev–Trinajstić information content (AvgIpc) is 2.86. The first-order chi connectivity index (χ1) is 17.2. The maximum absolute atomic E-state index is 13.9. The molecule has 0 aliphatic carbocycles. The Hall–Kier alpha value is -1.34. The molecule has 0 unspecified atom stereocenters. The van der Waals surface area contributed by atoms with E-state index in [1.165, 1.54) is 12.5 Å². The first-order valence-corrected chi connectivity index (χ1v) is 13.6. The highest BCUT2D eigenvalue weighted by atomic mass is 35.5. The molecule has 0 radical (unpaired) electrons. The van der Waals surface area contributed by atoms with Gasteiger partial charge in [0.05, 0.1) is 15.6 Å². The van der Waals surface area contributed by atoms with E-state index in [9.17, 15) is 17.6 Å². The van der Waals surface area contributed by atoms with E-state index < -0.39 is 11.7 Å². The molecule has 2 saturated heterocycles. The average molecular weight is 548 g/mol. The van der Waals surface area contributed by atoms with Gasteiger partial charge in [-0.3, -0.25) is 0 Å². The fourth-order valence-corrected chi connectivity index (χ4v) is 5.83. The molecule has 2 aromatic carbocycles. The Bertz CT molecular complexity index is 967. The van der Waals surface area contributed by atoms with Crippen LogP contribution in [0, 0.1) is 5.82 Å². The van der Waals surface area contributed by atoms with Crippen LogP contribution in [0.3, 0.4) is 0 Å². The lowest BCUT2D eigenvalue weighted by Gasteiger charge is -2.32. The number of likely N-dealkylation sites (tertiary alicyclic amines) is 2. The molecule has 2 aliphatic heterocycles. The highest BCUT2D eigenvalue weighted by Gasteiger charge is 2.35. The van der Waals surface area contributed by atoms with Crippen LogP contribution in [0.5, 0.6) is 0 Å². The van der Waals surface area contributed by atoms with Gasteiger partial charge < -0.3 is 9.80 Å². The highest BCUT2D eigenvalue weighted by molar-refractivity contribution is 6.32. The number of hydrogen-bond donors (Lipinski definition) is 0. The Labute approximate surface area is 222 Å². The molecule has 2 aromatic rings. The van der Waals surface area contributed by atoms with Crippen LogP contribution in [-0.2, 0) is 6.18 Å². The zero-order chi connectivity index (χ0) is 26.3. The minimum Gasteiger partial charge on any atom is -0.304 e. The van der Waals surface area contributed by atoms with Crippen LogP contribution in [0.2, 0.25) is 10.0 Å². The highest BCUT2D eigenvalue weighted by Crippen LogP contribution is 2.40. The summed E-state index contributed by atoms with van der Waals surface area (Å²) in [5.74, 6) is 0.252. The van der Waals surface area contributed by atoms with Crippen molar-refractivity contribution in [1.82, 2.24) is 9.80 Å². The lowest BCUT2D eigenvalue weighted by atomic mass is 9.88. The number of piperidine rings is 2. The van der Waals surface area contributed by atoms with E-state index in [1.54, 1.807) is 12.1 Å². The minimum absolute atomic E-state index is 0.120. The van der Waals surface area contributed by atoms with Gasteiger partial charge in [0.15, 0.2) is 0 Å². The van der Waals surface area contributed by atoms with Crippen molar-refractivity contribution in [3.63, 3.8) is 0 Å². The van der Waals surface area contributed by atoms with E-state index in [4.69, 9.17) is 23.2 Å². The second-order valence-electron chi connectivity index (χ2n) is 9.67. The predicted molar refractivity (Wildman–Crippen MR) is 141 cm³/mol. The second kappa shape index (κ2) is 13.5. The number of benzene rings is 2. The summed E-state index contributed by atoms with van der Waals surface area (Å²) in [7, 11) is 0. The molecule has 2 heterocycles. The van der Waals surface area contributed by atoms with Crippen LogP contribution in [0.1, 0.15) is 74.5 Å². The largest absolute Gasteiger partial charge is 0.417 e. The lowest BCUT2D eigenvalue weighted by molar-refractivity contribution is -0.137. The summed E-state index contributed by atoms with van der Waals surface area (Å²) >= 11 is 11.8. The second-order valence-corrected chi connectivity index (χ2v) is 10.5. The number of hydrogen-bond acceptors (Lipinski definition) is 2. The van der Waals surface area contributed by atoms with Crippen LogP contribution < -0.4 is 0 Å². The van der Waals surface area contributed by atoms with E-state index >= 15 is 0 Å². The van der Waals surface area contributed by atoms with E-state index in [-0.39, 0.29) is 21.8 Å². The molecular weight excluding hydrogens is 511 g/mol. The zero-order valence-corrected chi connectivity index (χ0v) is 22.6. The molecule has 0 spiro atoms. The first-order valence-electron chi connectivity index (χ1n) is 12.9. The Kier molecular flexibility index (Phi) is 10.9. The third kappa shape index (κ3) is 7.59. The van der Waals surface area contributed by atoms with E-state index in [0.29, 0.717) is 11.5 Å². The lowest BCUT2D eigenvalue weighted by Crippen LogP contribution is -2.33. The van der Waals surface area contributed by atoms with Crippen molar-refractivity contribution in [3.05, 3.63) is 69.0 Å². The third-order valence-corrected chi connectivity index (χ3v) is 8.07. The third-order valence-electron chi connectivity index (χ3n) is 7.36. The summed E-state index contributed by atoms with van der Waals surface area (Å²) in [5, 5.41) is 0.128. The maximum atomic E-state index is 13.9. The first kappa shape index (κ1) is 29.2. The molecule has 0 bridgehead atoms. The minimum atomic E-state index is -4.38. The van der Waals surface area contributed by atoms with Gasteiger partial charge in [0, 0.05) is 0 Å². The van der Waals surface area contributed by atoms with Gasteiger partial charge in [-0.1, -0.05) is 61.3 Å². The fraction of sp³-hybridized carbons (Fsp3) is 0.571. The molecule has 8 heteroatoms. The molecule has 0 aromatic heterocycles. The molecule has 0 saturated carbocycles. The number of alkyl halides is 3. The van der Waals surface area contributed by atoms with Gasteiger partial charge in [0.2, 0.25) is 0 Å². The smallest absolute Gasteiger partial charge is 0.304 e. The Morgan fingerprint density at radius 2 is 1.33 bits per heavy atom. The fourth-order valence-electron chi connectivity index (χ4n) is 5.26. The van der Waals surface area contributed by atoms with E-state index in [2.05, 4.69) is 23.6 Å². The SMILES string of the molecule is CCCN1CCC(c2cccc(Cl)c2F)CC1.CCN1CCC(c2cccc(C(F)(F)F)c2Cl)CC1. The summed E-state index contributed by atoms with van der Waals surface area (Å²) in [6, 6.07) is 9.57. The predicted octanol–water partition coefficient (Wildman–Crippen LogP) is 8.63. The van der Waals surface area contributed by atoms with Gasteiger partial charge in [-0.2, -0.15) is 13.2 Å². The number of rotatable bonds is 5. The quantitative estimate of drug-likeness (QED) is 0.346. The van der Waals surface area contributed by atoms with Gasteiger partial charge in [-0.15, -0.1) is 0 Å². The molecule has 200 valence electrons. The summed E-state index contributed by atoms with van der Waals surface area (Å²) in [5.41, 5.74) is 0.727. The van der Waals surface area contributed by atoms with Gasteiger partial charge in [-0.05, 0) is 106 Å². The van der Waals surface area contributed by atoms with Crippen LogP contribution in [0.15, 0.2) is 36.4 Å². The molecule has 0 atom stereocenters. The number of halogens is 6. The standard InChI is InChI=1S/C14H17ClF3N.C14H19ClFN/c1-2-19-8-6-10(7-9-19)11-4-3-5-12(13(11)15)14(16,17)18;1-2-8-17-9-6-11(7-10-17)12-4-3-5-13(15)14(12)16/h3-5,10H,2,6-9H2,1H3;3-5,11H,2,6-10H2,1H3. The molecule has 2 fully saturated rings. The topological polar surface area (TPSA) is 6.48 Å². The van der Waals surface area contributed by atoms with E-state index in [0.717, 1.165) is 76.6 Å². The summed E-state index contributed by atoms with van der Waals surface area (Å²) in [4.78, 5) is 4.76. The molecule has 2 nitrogen and oxygen atoms in total. The van der Waals surface area contributed by atoms with E-state index in [1.807, 2.05) is 12.1 Å². The van der Waals surface area contributed by atoms with Crippen LogP contribution in [-0.4, -0.2) is 49.1 Å². The van der Waals surface area contributed by atoms with Crippen molar-refractivity contribution >= 4 is 23.2 Å². The Morgan fingerprint density at radius 3 is 1.89 bits per heavy atom. The van der Waals surface area contributed by atoms with Crippen molar-refractivity contribution in [3.8, 4) is 0 Å². The Balaban J connectivity index is 0.000000202. The summed E-state index contributed by atoms with van der Waals surface area (Å²) in [6.45, 7) is 10.4. The molecule has 0 amide bonds. The normalized spacial score (nSPS) is 18.7. The molecule has 4 rings (SSSR count).